The lowest BCUT2D eigenvalue weighted by molar-refractivity contribution is 0.287. The summed E-state index contributed by atoms with van der Waals surface area (Å²) in [6.45, 7) is 1.82. The van der Waals surface area contributed by atoms with Gasteiger partial charge in [-0.25, -0.2) is 0 Å². The van der Waals surface area contributed by atoms with Crippen LogP contribution in [-0.2, 0) is 5.54 Å². The van der Waals surface area contributed by atoms with Crippen LogP contribution in [0.25, 0.3) is 0 Å². The summed E-state index contributed by atoms with van der Waals surface area (Å²) in [5.74, 6) is 0.845. The van der Waals surface area contributed by atoms with Gasteiger partial charge in [0.15, 0.2) is 0 Å². The van der Waals surface area contributed by atoms with E-state index in [1.165, 1.54) is 24.0 Å². The largest absolute Gasteiger partial charge is 0.319 e. The van der Waals surface area contributed by atoms with E-state index in [9.17, 15) is 0 Å². The summed E-state index contributed by atoms with van der Waals surface area (Å²) < 4.78 is 0. The number of rotatable bonds is 2. The molecule has 1 aromatic rings. The molecule has 15 heavy (non-hydrogen) atoms. The van der Waals surface area contributed by atoms with Gasteiger partial charge in [-0.05, 0) is 29.9 Å². The molecular formula is C12H17ClN2. The van der Waals surface area contributed by atoms with Gasteiger partial charge in [0.05, 0.1) is 5.54 Å². The van der Waals surface area contributed by atoms with Gasteiger partial charge in [-0.15, -0.1) is 12.4 Å². The number of benzene rings is 1. The van der Waals surface area contributed by atoms with Crippen molar-refractivity contribution in [2.24, 2.45) is 5.73 Å². The molecule has 1 aliphatic heterocycles. The van der Waals surface area contributed by atoms with Crippen LogP contribution in [0, 0.1) is 0 Å². The molecule has 2 aliphatic rings. The first-order chi connectivity index (χ1) is 6.78. The normalized spacial score (nSPS) is 22.7. The smallest absolute Gasteiger partial charge is 0.0662 e. The predicted molar refractivity (Wildman–Crippen MR) is 64.4 cm³/mol. The molecule has 1 heterocycles. The summed E-state index contributed by atoms with van der Waals surface area (Å²) in [6, 6.07) is 8.91. The van der Waals surface area contributed by atoms with Crippen molar-refractivity contribution in [2.75, 3.05) is 13.1 Å². The zero-order chi connectivity index (χ0) is 9.60. The Kier molecular flexibility index (Phi) is 2.75. The zero-order valence-corrected chi connectivity index (χ0v) is 9.52. The molecule has 0 atom stereocenters. The third kappa shape index (κ3) is 1.89. The van der Waals surface area contributed by atoms with E-state index in [4.69, 9.17) is 5.73 Å². The minimum atomic E-state index is -0.0952. The molecule has 0 amide bonds. The van der Waals surface area contributed by atoms with E-state index in [-0.39, 0.29) is 17.9 Å². The third-order valence-corrected chi connectivity index (χ3v) is 3.42. The van der Waals surface area contributed by atoms with Gasteiger partial charge in [-0.1, -0.05) is 24.3 Å². The molecule has 1 saturated carbocycles. The topological polar surface area (TPSA) is 38.0 Å². The number of hydrogen-bond acceptors (Lipinski definition) is 2. The molecule has 0 bridgehead atoms. The fourth-order valence-corrected chi connectivity index (χ4v) is 2.10. The molecule has 0 radical (unpaired) electrons. The van der Waals surface area contributed by atoms with E-state index in [1.54, 1.807) is 0 Å². The Labute approximate surface area is 96.7 Å². The second-order valence-corrected chi connectivity index (χ2v) is 4.66. The van der Waals surface area contributed by atoms with Crippen LogP contribution in [0.5, 0.6) is 0 Å². The Morgan fingerprint density at radius 1 is 1.13 bits per heavy atom. The number of halogens is 1. The highest BCUT2D eigenvalue weighted by Crippen LogP contribution is 2.40. The van der Waals surface area contributed by atoms with Crippen LogP contribution in [0.15, 0.2) is 24.3 Å². The van der Waals surface area contributed by atoms with Gasteiger partial charge in [-0.3, -0.25) is 0 Å². The average molecular weight is 225 g/mol. The molecule has 3 heteroatoms. The van der Waals surface area contributed by atoms with Crippen molar-refractivity contribution in [3.8, 4) is 0 Å². The van der Waals surface area contributed by atoms with E-state index in [2.05, 4.69) is 29.6 Å². The maximum Gasteiger partial charge on any atom is 0.0662 e. The fraction of sp³-hybridized carbons (Fsp3) is 0.500. The van der Waals surface area contributed by atoms with Crippen molar-refractivity contribution >= 4 is 12.4 Å². The maximum absolute atomic E-state index is 6.20. The summed E-state index contributed by atoms with van der Waals surface area (Å²) in [4.78, 5) is 0. The van der Waals surface area contributed by atoms with Gasteiger partial charge in [0.2, 0.25) is 0 Å². The van der Waals surface area contributed by atoms with Crippen LogP contribution in [0.1, 0.15) is 29.9 Å². The third-order valence-electron chi connectivity index (χ3n) is 3.42. The van der Waals surface area contributed by atoms with E-state index in [0.29, 0.717) is 0 Å². The van der Waals surface area contributed by atoms with Crippen LogP contribution < -0.4 is 11.1 Å². The van der Waals surface area contributed by atoms with Gasteiger partial charge < -0.3 is 11.1 Å². The van der Waals surface area contributed by atoms with Gasteiger partial charge >= 0.3 is 0 Å². The molecular weight excluding hydrogens is 208 g/mol. The number of nitrogens with one attached hydrogen (secondary N) is 1. The van der Waals surface area contributed by atoms with E-state index in [1.807, 2.05) is 0 Å². The summed E-state index contributed by atoms with van der Waals surface area (Å²) in [6.07, 6.45) is 2.74. The minimum absolute atomic E-state index is 0. The Morgan fingerprint density at radius 2 is 1.73 bits per heavy atom. The second kappa shape index (κ2) is 3.78. The quantitative estimate of drug-likeness (QED) is 0.803. The van der Waals surface area contributed by atoms with E-state index in [0.717, 1.165) is 19.0 Å². The lowest BCUT2D eigenvalue weighted by atomic mass is 9.85. The minimum Gasteiger partial charge on any atom is -0.319 e. The molecule has 1 aromatic carbocycles. The Bertz CT molecular complexity index is 339. The predicted octanol–water partition coefficient (Wildman–Crippen LogP) is 1.74. The lowest BCUT2D eigenvalue weighted by Crippen LogP contribution is -2.62. The SMILES string of the molecule is Cl.NC1(c2ccc(C3CC3)cc2)CNC1. The van der Waals surface area contributed by atoms with E-state index >= 15 is 0 Å². The molecule has 1 aliphatic carbocycles. The highest BCUT2D eigenvalue weighted by molar-refractivity contribution is 5.85. The van der Waals surface area contributed by atoms with Crippen molar-refractivity contribution < 1.29 is 0 Å². The molecule has 3 rings (SSSR count). The van der Waals surface area contributed by atoms with Gasteiger partial charge in [0.25, 0.3) is 0 Å². The molecule has 82 valence electrons. The number of hydrogen-bond donors (Lipinski definition) is 2. The van der Waals surface area contributed by atoms with Crippen LogP contribution >= 0.6 is 12.4 Å². The average Bonchev–Trinajstić information content (AvgIpc) is 2.98. The van der Waals surface area contributed by atoms with Crippen LogP contribution in [0.3, 0.4) is 0 Å². The molecule has 3 N–H and O–H groups in total. The summed E-state index contributed by atoms with van der Waals surface area (Å²) in [5, 5.41) is 3.22. The molecule has 2 fully saturated rings. The summed E-state index contributed by atoms with van der Waals surface area (Å²) in [7, 11) is 0. The van der Waals surface area contributed by atoms with Crippen molar-refractivity contribution in [1.29, 1.82) is 0 Å². The monoisotopic (exact) mass is 224 g/mol. The van der Waals surface area contributed by atoms with Crippen molar-refractivity contribution in [1.82, 2.24) is 5.32 Å². The van der Waals surface area contributed by atoms with Gasteiger partial charge in [0, 0.05) is 13.1 Å². The van der Waals surface area contributed by atoms with Gasteiger partial charge in [0.1, 0.15) is 0 Å². The second-order valence-electron chi connectivity index (χ2n) is 4.66. The first-order valence-electron chi connectivity index (χ1n) is 5.38. The highest BCUT2D eigenvalue weighted by Gasteiger charge is 2.34. The van der Waals surface area contributed by atoms with Crippen LogP contribution in [0.4, 0.5) is 0 Å². The summed E-state index contributed by atoms with van der Waals surface area (Å²) >= 11 is 0. The van der Waals surface area contributed by atoms with Crippen molar-refractivity contribution in [3.63, 3.8) is 0 Å². The Balaban J connectivity index is 0.000000853. The molecule has 0 aromatic heterocycles. The molecule has 2 nitrogen and oxygen atoms in total. The van der Waals surface area contributed by atoms with Crippen LogP contribution in [0.2, 0.25) is 0 Å². The highest BCUT2D eigenvalue weighted by atomic mass is 35.5. The standard InChI is InChI=1S/C12H16N2.ClH/c13-12(7-14-8-12)11-5-3-10(4-6-11)9-1-2-9;/h3-6,9,14H,1-2,7-8,13H2;1H. The molecule has 0 unspecified atom stereocenters. The Hall–Kier alpha value is -0.570. The van der Waals surface area contributed by atoms with Crippen molar-refractivity contribution in [3.05, 3.63) is 35.4 Å². The van der Waals surface area contributed by atoms with Crippen LogP contribution in [-0.4, -0.2) is 13.1 Å². The molecule has 1 saturated heterocycles. The van der Waals surface area contributed by atoms with Crippen molar-refractivity contribution in [2.45, 2.75) is 24.3 Å². The maximum atomic E-state index is 6.20. The number of nitrogens with two attached hydrogens (primary N) is 1. The molecule has 0 spiro atoms. The zero-order valence-electron chi connectivity index (χ0n) is 8.70. The summed E-state index contributed by atoms with van der Waals surface area (Å²) in [5.41, 5.74) is 8.88. The first-order valence-corrected chi connectivity index (χ1v) is 5.38. The first kappa shape index (κ1) is 10.9. The lowest BCUT2D eigenvalue weighted by Gasteiger charge is -2.39. The fourth-order valence-electron chi connectivity index (χ4n) is 2.10. The Morgan fingerprint density at radius 3 is 2.13 bits per heavy atom. The van der Waals surface area contributed by atoms with E-state index < -0.39 is 0 Å². The van der Waals surface area contributed by atoms with Gasteiger partial charge in [-0.2, -0.15) is 0 Å².